The fourth-order valence-corrected chi connectivity index (χ4v) is 3.99. The van der Waals surface area contributed by atoms with E-state index in [0.717, 1.165) is 17.0 Å². The Kier molecular flexibility index (Phi) is 6.63. The number of anilines is 2. The number of nitrogens with one attached hydrogen (secondary N) is 1. The summed E-state index contributed by atoms with van der Waals surface area (Å²) in [7, 11) is 1.73. The summed E-state index contributed by atoms with van der Waals surface area (Å²) in [5.74, 6) is -1.26. The van der Waals surface area contributed by atoms with Gasteiger partial charge in [0.1, 0.15) is 12.1 Å². The van der Waals surface area contributed by atoms with Crippen LogP contribution < -0.4 is 19.9 Å². The molecule has 1 N–H and O–H groups in total. The molecule has 0 aliphatic carbocycles. The van der Waals surface area contributed by atoms with Crippen molar-refractivity contribution < 1.29 is 27.1 Å². The first-order valence-electron chi connectivity index (χ1n) is 9.80. The molecule has 3 rings (SSSR count). The number of ether oxygens (including phenoxy) is 1. The number of thiocarbonyl (C=S) groups is 1. The second-order valence-corrected chi connectivity index (χ2v) is 8.09. The molecule has 1 amide bonds. The molecule has 0 atom stereocenters. The summed E-state index contributed by atoms with van der Waals surface area (Å²) in [4.78, 5) is 15.5. The number of likely N-dealkylation sites (N-methyl/N-ethyl adjacent to an activating group) is 1. The van der Waals surface area contributed by atoms with Crippen molar-refractivity contribution in [1.29, 1.82) is 5.26 Å². The van der Waals surface area contributed by atoms with Crippen LogP contribution >= 0.6 is 12.2 Å². The predicted molar refractivity (Wildman–Crippen MR) is 119 cm³/mol. The van der Waals surface area contributed by atoms with Crippen molar-refractivity contribution in [3.63, 3.8) is 0 Å². The molecule has 1 saturated heterocycles. The Morgan fingerprint density at radius 3 is 2.42 bits per heavy atom. The first-order valence-corrected chi connectivity index (χ1v) is 10.2. The van der Waals surface area contributed by atoms with Crippen molar-refractivity contribution in [3.05, 3.63) is 53.3 Å². The van der Waals surface area contributed by atoms with Crippen LogP contribution in [0.3, 0.4) is 0 Å². The van der Waals surface area contributed by atoms with Gasteiger partial charge < -0.3 is 15.0 Å². The molecule has 1 aliphatic rings. The Morgan fingerprint density at radius 2 is 1.85 bits per heavy atom. The Labute approximate surface area is 193 Å². The van der Waals surface area contributed by atoms with E-state index < -0.39 is 34.6 Å². The maximum atomic E-state index is 14.6. The lowest BCUT2D eigenvalue weighted by Gasteiger charge is -2.29. The smallest absolute Gasteiger partial charge is 0.417 e. The molecule has 0 spiro atoms. The maximum Gasteiger partial charge on any atom is 0.417 e. The number of hydrogen-bond acceptors (Lipinski definition) is 5. The molecule has 1 aliphatic heterocycles. The lowest BCUT2D eigenvalue weighted by molar-refractivity contribution is -0.137. The van der Waals surface area contributed by atoms with Crippen molar-refractivity contribution >= 4 is 34.6 Å². The van der Waals surface area contributed by atoms with Crippen molar-refractivity contribution in [2.75, 3.05) is 30.0 Å². The Bertz CT molecular complexity index is 1140. The predicted octanol–water partition coefficient (Wildman–Crippen LogP) is 4.23. The van der Waals surface area contributed by atoms with E-state index in [1.54, 1.807) is 7.05 Å². The Hall–Kier alpha value is -3.23. The molecular formula is C22H20F4N4O2S. The van der Waals surface area contributed by atoms with Gasteiger partial charge in [-0.05, 0) is 63.4 Å². The van der Waals surface area contributed by atoms with Crippen LogP contribution in [-0.4, -0.2) is 36.8 Å². The average Bonchev–Trinajstić information content (AvgIpc) is 2.92. The maximum absolute atomic E-state index is 14.6. The number of carbonyl (C=O) groups is 1. The van der Waals surface area contributed by atoms with Crippen molar-refractivity contribution in [3.8, 4) is 11.8 Å². The minimum atomic E-state index is -4.80. The van der Waals surface area contributed by atoms with Gasteiger partial charge >= 0.3 is 6.18 Å². The summed E-state index contributed by atoms with van der Waals surface area (Å²) in [6.07, 6.45) is -4.80. The zero-order valence-corrected chi connectivity index (χ0v) is 18.8. The molecule has 0 unspecified atom stereocenters. The Morgan fingerprint density at radius 1 is 1.18 bits per heavy atom. The van der Waals surface area contributed by atoms with Crippen LogP contribution in [0.25, 0.3) is 0 Å². The molecule has 11 heteroatoms. The van der Waals surface area contributed by atoms with E-state index in [4.69, 9.17) is 22.2 Å². The minimum absolute atomic E-state index is 0.0158. The number of benzene rings is 2. The summed E-state index contributed by atoms with van der Waals surface area (Å²) in [6.45, 7) is 3.82. The third kappa shape index (κ3) is 4.49. The van der Waals surface area contributed by atoms with E-state index >= 15 is 0 Å². The number of alkyl halides is 3. The van der Waals surface area contributed by atoms with Crippen LogP contribution in [0.15, 0.2) is 36.4 Å². The van der Waals surface area contributed by atoms with Gasteiger partial charge in [0, 0.05) is 18.3 Å². The molecule has 1 heterocycles. The van der Waals surface area contributed by atoms with E-state index in [-0.39, 0.29) is 28.8 Å². The van der Waals surface area contributed by atoms with Crippen LogP contribution in [0.4, 0.5) is 28.9 Å². The normalized spacial score (nSPS) is 15.7. The van der Waals surface area contributed by atoms with E-state index in [9.17, 15) is 22.4 Å². The van der Waals surface area contributed by atoms with Gasteiger partial charge in [-0.2, -0.15) is 18.4 Å². The largest absolute Gasteiger partial charge is 0.489 e. The van der Waals surface area contributed by atoms with Gasteiger partial charge in [-0.25, -0.2) is 4.39 Å². The molecule has 174 valence electrons. The minimum Gasteiger partial charge on any atom is -0.489 e. The monoisotopic (exact) mass is 480 g/mol. The molecular weight excluding hydrogens is 460 g/mol. The molecule has 0 radical (unpaired) electrons. The van der Waals surface area contributed by atoms with E-state index in [0.29, 0.717) is 12.6 Å². The van der Waals surface area contributed by atoms with Crippen molar-refractivity contribution in [1.82, 2.24) is 5.32 Å². The summed E-state index contributed by atoms with van der Waals surface area (Å²) >= 11 is 5.43. The number of carbonyl (C=O) groups excluding carboxylic acids is 1. The highest BCUT2D eigenvalue weighted by Gasteiger charge is 2.50. The van der Waals surface area contributed by atoms with E-state index in [1.807, 2.05) is 0 Å². The summed E-state index contributed by atoms with van der Waals surface area (Å²) < 4.78 is 60.3. The third-order valence-corrected chi connectivity index (χ3v) is 5.50. The Balaban J connectivity index is 2.01. The molecule has 0 aromatic heterocycles. The first-order chi connectivity index (χ1) is 15.4. The zero-order valence-electron chi connectivity index (χ0n) is 18.0. The molecule has 2 aromatic carbocycles. The second-order valence-electron chi connectivity index (χ2n) is 7.72. The van der Waals surface area contributed by atoms with Crippen LogP contribution in [0, 0.1) is 17.1 Å². The molecule has 2 aromatic rings. The van der Waals surface area contributed by atoms with Gasteiger partial charge in [-0.3, -0.25) is 9.69 Å². The summed E-state index contributed by atoms with van der Waals surface area (Å²) in [5.41, 5.74) is -2.97. The van der Waals surface area contributed by atoms with Gasteiger partial charge in [0.05, 0.1) is 22.9 Å². The first kappa shape index (κ1) is 24.4. The zero-order chi connectivity index (χ0) is 24.6. The highest BCUT2D eigenvalue weighted by molar-refractivity contribution is 7.81. The second kappa shape index (κ2) is 8.96. The van der Waals surface area contributed by atoms with Crippen LogP contribution in [0.5, 0.6) is 5.75 Å². The number of nitrogens with zero attached hydrogens (tertiary/aromatic N) is 3. The third-order valence-electron chi connectivity index (χ3n) is 5.14. The van der Waals surface area contributed by atoms with E-state index in [2.05, 4.69) is 5.32 Å². The number of hydrogen-bond donors (Lipinski definition) is 1. The van der Waals surface area contributed by atoms with Gasteiger partial charge in [0.25, 0.3) is 5.91 Å². The number of amides is 1. The highest BCUT2D eigenvalue weighted by atomic mass is 32.1. The fraction of sp³-hybridized carbons (Fsp3) is 0.318. The molecule has 33 heavy (non-hydrogen) atoms. The lowest BCUT2D eigenvalue weighted by atomic mass is 10.0. The van der Waals surface area contributed by atoms with Crippen LogP contribution in [0.1, 0.15) is 25.0 Å². The van der Waals surface area contributed by atoms with Gasteiger partial charge in [-0.1, -0.05) is 0 Å². The number of rotatable bonds is 6. The quantitative estimate of drug-likeness (QED) is 0.379. The molecule has 6 nitrogen and oxygen atoms in total. The standard InChI is InChI=1S/C22H20F4N4O2S/c1-21(2)19(31)29(14-5-4-13(12-27)16(10-14)22(24,25)26)20(33)30(21)15-6-7-18(17(23)11-15)32-9-8-28-3/h4-7,10-11,28H,8-9H2,1-3H3. The van der Waals surface area contributed by atoms with Crippen LogP contribution in [-0.2, 0) is 11.0 Å². The van der Waals surface area contributed by atoms with Crippen molar-refractivity contribution in [2.24, 2.45) is 0 Å². The SMILES string of the molecule is CNCCOc1ccc(N2C(=S)N(c3ccc(C#N)c(C(F)(F)F)c3)C(=O)C2(C)C)cc1F. The number of nitriles is 1. The molecule has 0 saturated carbocycles. The molecule has 0 bridgehead atoms. The molecule has 1 fully saturated rings. The number of halogens is 4. The van der Waals surface area contributed by atoms with Gasteiger partial charge in [0.15, 0.2) is 16.7 Å². The lowest BCUT2D eigenvalue weighted by Crippen LogP contribution is -2.44. The van der Waals surface area contributed by atoms with Gasteiger partial charge in [-0.15, -0.1) is 0 Å². The fourth-order valence-electron chi connectivity index (χ4n) is 3.47. The van der Waals surface area contributed by atoms with Crippen molar-refractivity contribution in [2.45, 2.75) is 25.6 Å². The highest BCUT2D eigenvalue weighted by Crippen LogP contribution is 2.40. The summed E-state index contributed by atoms with van der Waals surface area (Å²) in [5, 5.41) is 11.8. The van der Waals surface area contributed by atoms with Gasteiger partial charge in [0.2, 0.25) is 0 Å². The van der Waals surface area contributed by atoms with E-state index in [1.165, 1.54) is 43.0 Å². The van der Waals surface area contributed by atoms with Crippen LogP contribution in [0.2, 0.25) is 0 Å². The average molecular weight is 480 g/mol. The summed E-state index contributed by atoms with van der Waals surface area (Å²) in [6, 6.07) is 8.48. The topological polar surface area (TPSA) is 68.6 Å².